The van der Waals surface area contributed by atoms with Crippen molar-refractivity contribution < 1.29 is 9.59 Å². The number of carbonyl (C=O) groups excluding carboxylic acids is 2. The van der Waals surface area contributed by atoms with Gasteiger partial charge in [-0.15, -0.1) is 0 Å². The van der Waals surface area contributed by atoms with Crippen molar-refractivity contribution in [2.24, 2.45) is 5.73 Å². The Labute approximate surface area is 113 Å². The largest absolute Gasteiger partial charge is 0.353 e. The van der Waals surface area contributed by atoms with Crippen LogP contribution >= 0.6 is 15.9 Å². The quantitative estimate of drug-likeness (QED) is 0.797. The number of halogens is 1. The van der Waals surface area contributed by atoms with Crippen LogP contribution in [0.1, 0.15) is 18.5 Å². The highest BCUT2D eigenvalue weighted by Gasteiger charge is 2.23. The van der Waals surface area contributed by atoms with Crippen molar-refractivity contribution in [3.63, 3.8) is 0 Å². The molecule has 3 N–H and O–H groups in total. The van der Waals surface area contributed by atoms with E-state index in [1.54, 1.807) is 4.90 Å². The maximum atomic E-state index is 11.3. The number of piperazine rings is 1. The molecule has 1 aliphatic rings. The lowest BCUT2D eigenvalue weighted by molar-refractivity contribution is -0.130. The molecule has 5 nitrogen and oxygen atoms in total. The molecule has 18 heavy (non-hydrogen) atoms. The summed E-state index contributed by atoms with van der Waals surface area (Å²) >= 11 is 3.45. The number of nitrogens with one attached hydrogen (secondary N) is 1. The number of benzene rings is 1. The minimum atomic E-state index is -0.279. The molecule has 0 radical (unpaired) electrons. The molecule has 2 amide bonds. The fraction of sp³-hybridized carbons (Fsp3) is 0.333. The molecule has 0 aliphatic carbocycles. The molecule has 1 heterocycles. The molecule has 1 aromatic carbocycles. The first-order valence-corrected chi connectivity index (χ1v) is 6.39. The second kappa shape index (κ2) is 5.07. The number of nitrogens with zero attached hydrogens (tertiary/aromatic N) is 1. The lowest BCUT2D eigenvalue weighted by atomic mass is 10.1. The molecule has 1 aliphatic heterocycles. The molecule has 0 saturated carbocycles. The van der Waals surface area contributed by atoms with Gasteiger partial charge in [-0.1, -0.05) is 22.0 Å². The van der Waals surface area contributed by atoms with Gasteiger partial charge in [0.15, 0.2) is 0 Å². The summed E-state index contributed by atoms with van der Waals surface area (Å²) in [5.74, 6) is -0.558. The van der Waals surface area contributed by atoms with E-state index in [0.717, 1.165) is 15.7 Å². The molecular formula is C12H14BrN3O2. The van der Waals surface area contributed by atoms with Crippen molar-refractivity contribution in [3.05, 3.63) is 28.2 Å². The molecule has 1 aromatic rings. The van der Waals surface area contributed by atoms with Crippen molar-refractivity contribution in [3.8, 4) is 0 Å². The lowest BCUT2D eigenvalue weighted by Gasteiger charge is -2.28. The number of carbonyl (C=O) groups is 2. The first-order valence-electron chi connectivity index (χ1n) is 5.60. The van der Waals surface area contributed by atoms with Crippen LogP contribution in [0.3, 0.4) is 0 Å². The fourth-order valence-electron chi connectivity index (χ4n) is 1.90. The summed E-state index contributed by atoms with van der Waals surface area (Å²) in [4.78, 5) is 24.4. The molecule has 1 saturated heterocycles. The Kier molecular flexibility index (Phi) is 3.68. The number of imide groups is 1. The zero-order valence-electron chi connectivity index (χ0n) is 9.94. The van der Waals surface area contributed by atoms with Crippen LogP contribution < -0.4 is 16.0 Å². The maximum absolute atomic E-state index is 11.3. The summed E-state index contributed by atoms with van der Waals surface area (Å²) in [5, 5.41) is 2.27. The van der Waals surface area contributed by atoms with Gasteiger partial charge in [0, 0.05) is 16.2 Å². The van der Waals surface area contributed by atoms with Gasteiger partial charge in [0.1, 0.15) is 0 Å². The monoisotopic (exact) mass is 311 g/mol. The number of anilines is 1. The maximum Gasteiger partial charge on any atom is 0.246 e. The smallest absolute Gasteiger partial charge is 0.246 e. The highest BCUT2D eigenvalue weighted by atomic mass is 79.9. The van der Waals surface area contributed by atoms with Gasteiger partial charge in [-0.2, -0.15) is 0 Å². The highest BCUT2D eigenvalue weighted by molar-refractivity contribution is 9.10. The molecule has 0 bridgehead atoms. The molecule has 1 atom stereocenters. The van der Waals surface area contributed by atoms with Crippen molar-refractivity contribution in [1.82, 2.24) is 5.32 Å². The van der Waals surface area contributed by atoms with Crippen LogP contribution in [0.5, 0.6) is 0 Å². The molecule has 0 spiro atoms. The van der Waals surface area contributed by atoms with Gasteiger partial charge < -0.3 is 10.6 Å². The van der Waals surface area contributed by atoms with Crippen LogP contribution in [0.4, 0.5) is 5.69 Å². The van der Waals surface area contributed by atoms with Gasteiger partial charge >= 0.3 is 0 Å². The van der Waals surface area contributed by atoms with Crippen molar-refractivity contribution in [1.29, 1.82) is 0 Å². The SMILES string of the molecule is C[C@H](N)c1ccc(N2CC(=O)NC(=O)C2)cc1Br. The third kappa shape index (κ3) is 2.70. The Morgan fingerprint density at radius 1 is 1.33 bits per heavy atom. The van der Waals surface area contributed by atoms with E-state index in [1.165, 1.54) is 0 Å². The Balaban J connectivity index is 2.26. The summed E-state index contributed by atoms with van der Waals surface area (Å²) in [5.41, 5.74) is 7.65. The van der Waals surface area contributed by atoms with Gasteiger partial charge in [-0.3, -0.25) is 14.9 Å². The number of amides is 2. The Bertz CT molecular complexity index is 486. The van der Waals surface area contributed by atoms with E-state index in [-0.39, 0.29) is 30.9 Å². The van der Waals surface area contributed by atoms with Gasteiger partial charge in [0.25, 0.3) is 0 Å². The summed E-state index contributed by atoms with van der Waals surface area (Å²) in [6.07, 6.45) is 0. The normalized spacial score (nSPS) is 17.6. The third-order valence-electron chi connectivity index (χ3n) is 2.79. The zero-order chi connectivity index (χ0) is 13.3. The Morgan fingerprint density at radius 2 is 1.94 bits per heavy atom. The van der Waals surface area contributed by atoms with E-state index in [4.69, 9.17) is 5.73 Å². The first-order chi connectivity index (χ1) is 8.47. The van der Waals surface area contributed by atoms with Gasteiger partial charge in [-0.05, 0) is 24.6 Å². The molecule has 96 valence electrons. The molecule has 0 aromatic heterocycles. The summed E-state index contributed by atoms with van der Waals surface area (Å²) < 4.78 is 0.883. The van der Waals surface area contributed by atoms with E-state index in [1.807, 2.05) is 25.1 Å². The molecular weight excluding hydrogens is 298 g/mol. The minimum Gasteiger partial charge on any atom is -0.353 e. The number of rotatable bonds is 2. The standard InChI is InChI=1S/C12H14BrN3O2/c1-7(14)9-3-2-8(4-10(9)13)16-5-11(17)15-12(18)6-16/h2-4,7H,5-6,14H2,1H3,(H,15,17,18)/t7-/m0/s1. The Morgan fingerprint density at radius 3 is 2.44 bits per heavy atom. The highest BCUT2D eigenvalue weighted by Crippen LogP contribution is 2.27. The van der Waals surface area contributed by atoms with Crippen LogP contribution in [-0.4, -0.2) is 24.9 Å². The first kappa shape index (κ1) is 13.0. The molecule has 2 rings (SSSR count). The molecule has 6 heteroatoms. The van der Waals surface area contributed by atoms with Gasteiger partial charge in [-0.25, -0.2) is 0 Å². The predicted molar refractivity (Wildman–Crippen MR) is 72.1 cm³/mol. The van der Waals surface area contributed by atoms with E-state index in [0.29, 0.717) is 0 Å². The fourth-order valence-corrected chi connectivity index (χ4v) is 2.63. The number of hydrogen-bond acceptors (Lipinski definition) is 4. The second-order valence-electron chi connectivity index (χ2n) is 4.32. The van der Waals surface area contributed by atoms with E-state index >= 15 is 0 Å². The number of hydrogen-bond donors (Lipinski definition) is 2. The van der Waals surface area contributed by atoms with Crippen LogP contribution in [0.15, 0.2) is 22.7 Å². The lowest BCUT2D eigenvalue weighted by Crippen LogP contribution is -2.51. The average molecular weight is 312 g/mol. The summed E-state index contributed by atoms with van der Waals surface area (Å²) in [7, 11) is 0. The van der Waals surface area contributed by atoms with Crippen LogP contribution in [-0.2, 0) is 9.59 Å². The summed E-state index contributed by atoms with van der Waals surface area (Å²) in [6, 6.07) is 5.58. The van der Waals surface area contributed by atoms with Crippen LogP contribution in [0.25, 0.3) is 0 Å². The predicted octanol–water partition coefficient (Wildman–Crippen LogP) is 0.932. The van der Waals surface area contributed by atoms with Crippen LogP contribution in [0, 0.1) is 0 Å². The van der Waals surface area contributed by atoms with E-state index in [2.05, 4.69) is 21.2 Å². The third-order valence-corrected chi connectivity index (χ3v) is 3.47. The number of nitrogens with two attached hydrogens (primary N) is 1. The van der Waals surface area contributed by atoms with Gasteiger partial charge in [0.2, 0.25) is 11.8 Å². The summed E-state index contributed by atoms with van der Waals surface area (Å²) in [6.45, 7) is 2.28. The Hall–Kier alpha value is -1.40. The van der Waals surface area contributed by atoms with Gasteiger partial charge in [0.05, 0.1) is 13.1 Å². The zero-order valence-corrected chi connectivity index (χ0v) is 11.5. The van der Waals surface area contributed by atoms with E-state index < -0.39 is 0 Å². The van der Waals surface area contributed by atoms with Crippen molar-refractivity contribution in [2.45, 2.75) is 13.0 Å². The average Bonchev–Trinajstić information content (AvgIpc) is 2.26. The molecule has 1 fully saturated rings. The topological polar surface area (TPSA) is 75.4 Å². The van der Waals surface area contributed by atoms with Crippen molar-refractivity contribution >= 4 is 33.4 Å². The van der Waals surface area contributed by atoms with Crippen LogP contribution in [0.2, 0.25) is 0 Å². The molecule has 0 unspecified atom stereocenters. The second-order valence-corrected chi connectivity index (χ2v) is 5.18. The van der Waals surface area contributed by atoms with E-state index in [9.17, 15) is 9.59 Å². The van der Waals surface area contributed by atoms with Crippen molar-refractivity contribution in [2.75, 3.05) is 18.0 Å². The minimum absolute atomic E-state index is 0.0697.